The summed E-state index contributed by atoms with van der Waals surface area (Å²) in [5.74, 6) is 0.819. The van der Waals surface area contributed by atoms with Gasteiger partial charge in [0.2, 0.25) is 5.91 Å². The van der Waals surface area contributed by atoms with Crippen LogP contribution in [0.15, 0.2) is 18.2 Å². The van der Waals surface area contributed by atoms with E-state index in [0.29, 0.717) is 12.2 Å². The van der Waals surface area contributed by atoms with Crippen molar-refractivity contribution in [1.82, 2.24) is 4.98 Å². The summed E-state index contributed by atoms with van der Waals surface area (Å²) >= 11 is 0. The fourth-order valence-electron chi connectivity index (χ4n) is 1.42. The molecule has 3 nitrogen and oxygen atoms in total. The summed E-state index contributed by atoms with van der Waals surface area (Å²) in [5.41, 5.74) is 0.933. The molecule has 16 heavy (non-hydrogen) atoms. The van der Waals surface area contributed by atoms with Crippen LogP contribution in [0.4, 0.5) is 5.82 Å². The van der Waals surface area contributed by atoms with Crippen LogP contribution in [0.2, 0.25) is 0 Å². The molecule has 0 saturated carbocycles. The number of hydrogen-bond donors (Lipinski definition) is 0. The summed E-state index contributed by atoms with van der Waals surface area (Å²) in [4.78, 5) is 17.9. The molecule has 0 radical (unpaired) electrons. The fraction of sp³-hybridized carbons (Fsp3) is 0.538. The van der Waals surface area contributed by atoms with E-state index in [4.69, 9.17) is 0 Å². The molecule has 1 aromatic rings. The molecule has 0 unspecified atom stereocenters. The lowest BCUT2D eigenvalue weighted by Gasteiger charge is -2.22. The number of rotatable bonds is 2. The smallest absolute Gasteiger partial charge is 0.228 e. The molecule has 0 aliphatic carbocycles. The second kappa shape index (κ2) is 4.64. The molecule has 0 N–H and O–H groups in total. The van der Waals surface area contributed by atoms with Gasteiger partial charge in [0.1, 0.15) is 5.82 Å². The summed E-state index contributed by atoms with van der Waals surface area (Å²) in [7, 11) is 1.77. The van der Waals surface area contributed by atoms with Crippen LogP contribution in [0.1, 0.15) is 32.9 Å². The molecule has 0 fully saturated rings. The molecular weight excluding hydrogens is 200 g/mol. The van der Waals surface area contributed by atoms with Gasteiger partial charge < -0.3 is 0 Å². The predicted octanol–water partition coefficient (Wildman–Crippen LogP) is 2.79. The fourth-order valence-corrected chi connectivity index (χ4v) is 1.42. The third-order valence-electron chi connectivity index (χ3n) is 2.27. The second-order valence-corrected chi connectivity index (χ2v) is 5.33. The zero-order chi connectivity index (χ0) is 12.3. The highest BCUT2D eigenvalue weighted by molar-refractivity contribution is 5.92. The van der Waals surface area contributed by atoms with Gasteiger partial charge >= 0.3 is 0 Å². The van der Waals surface area contributed by atoms with E-state index in [0.717, 1.165) is 5.69 Å². The van der Waals surface area contributed by atoms with Crippen molar-refractivity contribution in [2.45, 2.75) is 34.1 Å². The molecule has 1 rings (SSSR count). The van der Waals surface area contributed by atoms with E-state index < -0.39 is 0 Å². The highest BCUT2D eigenvalue weighted by Gasteiger charge is 2.20. The van der Waals surface area contributed by atoms with Crippen molar-refractivity contribution in [3.63, 3.8) is 0 Å². The standard InChI is InChI=1S/C13H20N2O/c1-10-7-6-8-11(14-10)15(5)12(16)9-13(2,3)4/h6-8H,9H2,1-5H3. The minimum absolute atomic E-state index is 0.00910. The van der Waals surface area contributed by atoms with Crippen LogP contribution in [0, 0.1) is 12.3 Å². The van der Waals surface area contributed by atoms with Crippen molar-refractivity contribution in [2.24, 2.45) is 5.41 Å². The number of pyridine rings is 1. The average molecular weight is 220 g/mol. The molecule has 88 valence electrons. The van der Waals surface area contributed by atoms with Gasteiger partial charge in [-0.05, 0) is 24.5 Å². The maximum Gasteiger partial charge on any atom is 0.228 e. The van der Waals surface area contributed by atoms with E-state index in [1.54, 1.807) is 11.9 Å². The van der Waals surface area contributed by atoms with E-state index in [1.165, 1.54) is 0 Å². The zero-order valence-electron chi connectivity index (χ0n) is 10.7. The molecule has 1 amide bonds. The summed E-state index contributed by atoms with van der Waals surface area (Å²) in [6.07, 6.45) is 0.527. The molecule has 0 aromatic carbocycles. The molecule has 0 spiro atoms. The number of nitrogens with zero attached hydrogens (tertiary/aromatic N) is 2. The monoisotopic (exact) mass is 220 g/mol. The van der Waals surface area contributed by atoms with Gasteiger partial charge in [0.25, 0.3) is 0 Å². The van der Waals surface area contributed by atoms with E-state index in [2.05, 4.69) is 25.8 Å². The predicted molar refractivity (Wildman–Crippen MR) is 66.5 cm³/mol. The first-order chi connectivity index (χ1) is 7.29. The summed E-state index contributed by atoms with van der Waals surface area (Å²) in [6.45, 7) is 8.10. The Bertz CT molecular complexity index is 380. The topological polar surface area (TPSA) is 33.2 Å². The maximum absolute atomic E-state index is 12.0. The van der Waals surface area contributed by atoms with Gasteiger partial charge in [-0.15, -0.1) is 0 Å². The van der Waals surface area contributed by atoms with Crippen LogP contribution in [0.25, 0.3) is 0 Å². The van der Waals surface area contributed by atoms with E-state index >= 15 is 0 Å². The van der Waals surface area contributed by atoms with Crippen molar-refractivity contribution in [3.8, 4) is 0 Å². The van der Waals surface area contributed by atoms with Gasteiger partial charge in [-0.25, -0.2) is 4.98 Å². The molecule has 0 bridgehead atoms. The van der Waals surface area contributed by atoms with Crippen LogP contribution in [-0.2, 0) is 4.79 Å². The highest BCUT2D eigenvalue weighted by Crippen LogP contribution is 2.21. The SMILES string of the molecule is Cc1cccc(N(C)C(=O)CC(C)(C)C)n1. The average Bonchev–Trinajstić information content (AvgIpc) is 2.14. The van der Waals surface area contributed by atoms with E-state index in [-0.39, 0.29) is 11.3 Å². The second-order valence-electron chi connectivity index (χ2n) is 5.33. The maximum atomic E-state index is 12.0. The van der Waals surface area contributed by atoms with E-state index in [1.807, 2.05) is 25.1 Å². The summed E-state index contributed by atoms with van der Waals surface area (Å²) in [5, 5.41) is 0. The lowest BCUT2D eigenvalue weighted by molar-refractivity contribution is -0.120. The molecular formula is C13H20N2O. The molecule has 1 aromatic heterocycles. The minimum atomic E-state index is 0.00910. The number of carbonyl (C=O) groups excluding carboxylic acids is 1. The van der Waals surface area contributed by atoms with Gasteiger partial charge in [0.05, 0.1) is 0 Å². The number of amides is 1. The first kappa shape index (κ1) is 12.7. The van der Waals surface area contributed by atoms with Crippen LogP contribution in [0.3, 0.4) is 0 Å². The van der Waals surface area contributed by atoms with E-state index in [9.17, 15) is 4.79 Å². The Morgan fingerprint density at radius 1 is 1.38 bits per heavy atom. The number of hydrogen-bond acceptors (Lipinski definition) is 2. The minimum Gasteiger partial charge on any atom is -0.300 e. The van der Waals surface area contributed by atoms with Crippen molar-refractivity contribution in [3.05, 3.63) is 23.9 Å². The van der Waals surface area contributed by atoms with Gasteiger partial charge in [0, 0.05) is 19.2 Å². The van der Waals surface area contributed by atoms with Gasteiger partial charge in [-0.1, -0.05) is 26.8 Å². The first-order valence-electron chi connectivity index (χ1n) is 5.50. The molecule has 3 heteroatoms. The van der Waals surface area contributed by atoms with Crippen LogP contribution in [-0.4, -0.2) is 17.9 Å². The molecule has 1 heterocycles. The number of anilines is 1. The Morgan fingerprint density at radius 3 is 2.50 bits per heavy atom. The quantitative estimate of drug-likeness (QED) is 0.767. The zero-order valence-corrected chi connectivity index (χ0v) is 10.7. The largest absolute Gasteiger partial charge is 0.300 e. The Balaban J connectivity index is 2.78. The third kappa shape index (κ3) is 3.65. The van der Waals surface area contributed by atoms with Crippen LogP contribution >= 0.6 is 0 Å². The van der Waals surface area contributed by atoms with Gasteiger partial charge in [-0.2, -0.15) is 0 Å². The number of aryl methyl sites for hydroxylation is 1. The Labute approximate surface area is 97.5 Å². The Morgan fingerprint density at radius 2 is 2.00 bits per heavy atom. The molecule has 0 saturated heterocycles. The lowest BCUT2D eigenvalue weighted by Crippen LogP contribution is -2.30. The van der Waals surface area contributed by atoms with Crippen molar-refractivity contribution in [1.29, 1.82) is 0 Å². The lowest BCUT2D eigenvalue weighted by atomic mass is 9.92. The van der Waals surface area contributed by atoms with Gasteiger partial charge in [-0.3, -0.25) is 9.69 Å². The number of carbonyl (C=O) groups is 1. The van der Waals surface area contributed by atoms with Crippen molar-refractivity contribution >= 4 is 11.7 Å². The highest BCUT2D eigenvalue weighted by atomic mass is 16.2. The van der Waals surface area contributed by atoms with Gasteiger partial charge in [0.15, 0.2) is 0 Å². The number of aromatic nitrogens is 1. The van der Waals surface area contributed by atoms with Crippen molar-refractivity contribution in [2.75, 3.05) is 11.9 Å². The summed E-state index contributed by atoms with van der Waals surface area (Å²) in [6, 6.07) is 5.69. The molecule has 0 aliphatic rings. The Kier molecular flexibility index (Phi) is 3.68. The van der Waals surface area contributed by atoms with Crippen LogP contribution in [0.5, 0.6) is 0 Å². The normalized spacial score (nSPS) is 11.3. The molecule has 0 aliphatic heterocycles. The molecule has 0 atom stereocenters. The first-order valence-corrected chi connectivity index (χ1v) is 5.50. The van der Waals surface area contributed by atoms with Crippen molar-refractivity contribution < 1.29 is 4.79 Å². The third-order valence-corrected chi connectivity index (χ3v) is 2.27. The Hall–Kier alpha value is -1.38. The van der Waals surface area contributed by atoms with Crippen LogP contribution < -0.4 is 4.90 Å². The summed E-state index contributed by atoms with van der Waals surface area (Å²) < 4.78 is 0.